The molecule has 6 heteroatoms. The summed E-state index contributed by atoms with van der Waals surface area (Å²) in [5.41, 5.74) is 3.22. The summed E-state index contributed by atoms with van der Waals surface area (Å²) in [6, 6.07) is 9.09. The number of nitrogens with one attached hydrogen (secondary N) is 1. The van der Waals surface area contributed by atoms with Crippen LogP contribution in [-0.4, -0.2) is 29.5 Å². The molecule has 0 aliphatic carbocycles. The molecular weight excluding hydrogens is 318 g/mol. The summed E-state index contributed by atoms with van der Waals surface area (Å²) < 4.78 is 12.4. The number of ether oxygens (including phenoxy) is 2. The molecule has 0 saturated carbocycles. The maximum Gasteiger partial charge on any atom is 0.248 e. The molecule has 0 spiro atoms. The van der Waals surface area contributed by atoms with Crippen molar-refractivity contribution in [3.63, 3.8) is 0 Å². The predicted octanol–water partition coefficient (Wildman–Crippen LogP) is 3.31. The SMILES string of the molecule is COc1ccc(OC)c(/C=C/C(=O)Nc2ccc3nc(C)cn3c2)c1. The lowest BCUT2D eigenvalue weighted by Gasteiger charge is -2.07. The molecule has 6 nitrogen and oxygen atoms in total. The summed E-state index contributed by atoms with van der Waals surface area (Å²) in [5, 5.41) is 2.83. The number of carbonyl (C=O) groups is 1. The Morgan fingerprint density at radius 1 is 1.16 bits per heavy atom. The molecule has 3 rings (SSSR count). The van der Waals surface area contributed by atoms with Crippen LogP contribution in [0, 0.1) is 6.92 Å². The van der Waals surface area contributed by atoms with E-state index in [-0.39, 0.29) is 5.91 Å². The molecule has 0 aliphatic heterocycles. The lowest BCUT2D eigenvalue weighted by atomic mass is 10.1. The largest absolute Gasteiger partial charge is 0.497 e. The van der Waals surface area contributed by atoms with E-state index in [9.17, 15) is 4.79 Å². The van der Waals surface area contributed by atoms with Gasteiger partial charge in [0.05, 0.1) is 25.6 Å². The molecular formula is C19H19N3O3. The maximum absolute atomic E-state index is 12.2. The van der Waals surface area contributed by atoms with Crippen LogP contribution in [0.5, 0.6) is 11.5 Å². The average Bonchev–Trinajstić information content (AvgIpc) is 2.99. The predicted molar refractivity (Wildman–Crippen MR) is 97.1 cm³/mol. The van der Waals surface area contributed by atoms with Crippen molar-refractivity contribution < 1.29 is 14.3 Å². The number of carbonyl (C=O) groups excluding carboxylic acids is 1. The number of methoxy groups -OCH3 is 2. The van der Waals surface area contributed by atoms with Gasteiger partial charge in [0.25, 0.3) is 0 Å². The van der Waals surface area contributed by atoms with Crippen molar-refractivity contribution in [3.05, 3.63) is 60.1 Å². The number of imidazole rings is 1. The first kappa shape index (κ1) is 16.6. The molecule has 1 N–H and O–H groups in total. The Bertz CT molecular complexity index is 944. The third kappa shape index (κ3) is 3.80. The smallest absolute Gasteiger partial charge is 0.248 e. The molecule has 2 aromatic heterocycles. The van der Waals surface area contributed by atoms with Crippen LogP contribution >= 0.6 is 0 Å². The van der Waals surface area contributed by atoms with Crippen molar-refractivity contribution >= 4 is 23.3 Å². The minimum absolute atomic E-state index is 0.235. The van der Waals surface area contributed by atoms with Gasteiger partial charge in [-0.2, -0.15) is 0 Å². The first-order valence-corrected chi connectivity index (χ1v) is 7.75. The zero-order valence-corrected chi connectivity index (χ0v) is 14.3. The van der Waals surface area contributed by atoms with Crippen molar-refractivity contribution in [2.75, 3.05) is 19.5 Å². The molecule has 0 bridgehead atoms. The number of hydrogen-bond donors (Lipinski definition) is 1. The van der Waals surface area contributed by atoms with Crippen LogP contribution in [-0.2, 0) is 4.79 Å². The Labute approximate surface area is 145 Å². The van der Waals surface area contributed by atoms with Crippen molar-refractivity contribution in [1.82, 2.24) is 9.38 Å². The number of aromatic nitrogens is 2. The molecule has 0 fully saturated rings. The number of nitrogens with zero attached hydrogens (tertiary/aromatic N) is 2. The molecule has 2 heterocycles. The molecule has 1 amide bonds. The number of amides is 1. The van der Waals surface area contributed by atoms with Gasteiger partial charge in [-0.15, -0.1) is 0 Å². The second kappa shape index (κ2) is 7.09. The first-order chi connectivity index (χ1) is 12.1. The van der Waals surface area contributed by atoms with Gasteiger partial charge in [0.15, 0.2) is 0 Å². The van der Waals surface area contributed by atoms with Gasteiger partial charge in [0.1, 0.15) is 17.1 Å². The van der Waals surface area contributed by atoms with E-state index in [0.29, 0.717) is 17.2 Å². The van der Waals surface area contributed by atoms with E-state index in [1.54, 1.807) is 32.4 Å². The fraction of sp³-hybridized carbons (Fsp3) is 0.158. The Morgan fingerprint density at radius 2 is 2.00 bits per heavy atom. The highest BCUT2D eigenvalue weighted by molar-refractivity contribution is 6.02. The zero-order valence-electron chi connectivity index (χ0n) is 14.3. The summed E-state index contributed by atoms with van der Waals surface area (Å²) in [6.45, 7) is 1.93. The maximum atomic E-state index is 12.2. The normalized spacial score (nSPS) is 11.0. The number of pyridine rings is 1. The van der Waals surface area contributed by atoms with Crippen LogP contribution in [0.25, 0.3) is 11.7 Å². The van der Waals surface area contributed by atoms with Gasteiger partial charge >= 0.3 is 0 Å². The summed E-state index contributed by atoms with van der Waals surface area (Å²) in [4.78, 5) is 16.5. The van der Waals surface area contributed by atoms with Gasteiger partial charge in [0, 0.05) is 24.0 Å². The van der Waals surface area contributed by atoms with Crippen molar-refractivity contribution in [3.8, 4) is 11.5 Å². The van der Waals surface area contributed by atoms with Crippen LogP contribution in [0.4, 0.5) is 5.69 Å². The molecule has 0 aliphatic rings. The van der Waals surface area contributed by atoms with E-state index in [2.05, 4.69) is 10.3 Å². The average molecular weight is 337 g/mol. The highest BCUT2D eigenvalue weighted by Crippen LogP contribution is 2.25. The van der Waals surface area contributed by atoms with Gasteiger partial charge in [-0.1, -0.05) is 0 Å². The van der Waals surface area contributed by atoms with Crippen LogP contribution in [0.1, 0.15) is 11.3 Å². The summed E-state index contributed by atoms with van der Waals surface area (Å²) in [7, 11) is 3.18. The monoisotopic (exact) mass is 337 g/mol. The fourth-order valence-electron chi connectivity index (χ4n) is 2.51. The number of aryl methyl sites for hydroxylation is 1. The van der Waals surface area contributed by atoms with E-state index in [1.807, 2.05) is 41.9 Å². The standard InChI is InChI=1S/C19H19N3O3/c1-13-11-22-12-15(5-8-18(22)20-13)21-19(23)9-4-14-10-16(24-2)6-7-17(14)25-3/h4-12H,1-3H3,(H,21,23)/b9-4+. The molecule has 0 saturated heterocycles. The molecule has 1 aromatic carbocycles. The van der Waals surface area contributed by atoms with E-state index in [1.165, 1.54) is 6.08 Å². The number of benzene rings is 1. The molecule has 0 atom stereocenters. The zero-order chi connectivity index (χ0) is 17.8. The summed E-state index contributed by atoms with van der Waals surface area (Å²) >= 11 is 0. The lowest BCUT2D eigenvalue weighted by molar-refractivity contribution is -0.111. The van der Waals surface area contributed by atoms with Gasteiger partial charge in [0.2, 0.25) is 5.91 Å². The topological polar surface area (TPSA) is 64.9 Å². The van der Waals surface area contributed by atoms with Crippen molar-refractivity contribution in [2.24, 2.45) is 0 Å². The van der Waals surface area contributed by atoms with Crippen molar-refractivity contribution in [2.45, 2.75) is 6.92 Å². The minimum Gasteiger partial charge on any atom is -0.497 e. The van der Waals surface area contributed by atoms with Crippen LogP contribution in [0.2, 0.25) is 0 Å². The number of hydrogen-bond acceptors (Lipinski definition) is 4. The quantitative estimate of drug-likeness (QED) is 0.726. The third-order valence-electron chi connectivity index (χ3n) is 3.69. The lowest BCUT2D eigenvalue weighted by Crippen LogP contribution is -2.08. The first-order valence-electron chi connectivity index (χ1n) is 7.75. The highest BCUT2D eigenvalue weighted by Gasteiger charge is 2.04. The molecule has 0 radical (unpaired) electrons. The van der Waals surface area contributed by atoms with Gasteiger partial charge in [-0.3, -0.25) is 4.79 Å². The number of rotatable bonds is 5. The van der Waals surface area contributed by atoms with Crippen LogP contribution in [0.3, 0.4) is 0 Å². The molecule has 128 valence electrons. The minimum atomic E-state index is -0.235. The molecule has 25 heavy (non-hydrogen) atoms. The molecule has 0 unspecified atom stereocenters. The highest BCUT2D eigenvalue weighted by atomic mass is 16.5. The number of anilines is 1. The van der Waals surface area contributed by atoms with Crippen LogP contribution < -0.4 is 14.8 Å². The van der Waals surface area contributed by atoms with Crippen molar-refractivity contribution in [1.29, 1.82) is 0 Å². The molecule has 3 aromatic rings. The second-order valence-corrected chi connectivity index (χ2v) is 5.50. The van der Waals surface area contributed by atoms with E-state index < -0.39 is 0 Å². The van der Waals surface area contributed by atoms with E-state index in [4.69, 9.17) is 9.47 Å². The van der Waals surface area contributed by atoms with Gasteiger partial charge in [-0.25, -0.2) is 4.98 Å². The third-order valence-corrected chi connectivity index (χ3v) is 3.69. The number of fused-ring (bicyclic) bond motifs is 1. The van der Waals surface area contributed by atoms with Gasteiger partial charge < -0.3 is 19.2 Å². The Kier molecular flexibility index (Phi) is 4.70. The summed E-state index contributed by atoms with van der Waals surface area (Å²) in [6.07, 6.45) is 6.88. The summed E-state index contributed by atoms with van der Waals surface area (Å²) in [5.74, 6) is 1.13. The Morgan fingerprint density at radius 3 is 2.76 bits per heavy atom. The van der Waals surface area contributed by atoms with Crippen LogP contribution in [0.15, 0.2) is 48.8 Å². The second-order valence-electron chi connectivity index (χ2n) is 5.50. The van der Waals surface area contributed by atoms with Gasteiger partial charge in [-0.05, 0) is 43.3 Å². The Balaban J connectivity index is 1.75. The van der Waals surface area contributed by atoms with E-state index in [0.717, 1.165) is 16.9 Å². The fourth-order valence-corrected chi connectivity index (χ4v) is 2.51. The van der Waals surface area contributed by atoms with E-state index >= 15 is 0 Å². The Hall–Kier alpha value is -3.28.